The normalized spacial score (nSPS) is 10.5. The van der Waals surface area contributed by atoms with Gasteiger partial charge in [-0.15, -0.1) is 0 Å². The fourth-order valence-corrected chi connectivity index (χ4v) is 1.84. The van der Waals surface area contributed by atoms with Crippen LogP contribution >= 0.6 is 22.6 Å². The van der Waals surface area contributed by atoms with E-state index in [1.165, 1.54) is 0 Å². The highest BCUT2D eigenvalue weighted by Crippen LogP contribution is 2.14. The largest absolute Gasteiger partial charge is 0.478 e. The summed E-state index contributed by atoms with van der Waals surface area (Å²) in [6, 6.07) is 7.38. The van der Waals surface area contributed by atoms with Crippen molar-refractivity contribution >= 4 is 34.1 Å². The van der Waals surface area contributed by atoms with E-state index in [1.807, 2.05) is 22.6 Å². The van der Waals surface area contributed by atoms with E-state index in [1.54, 1.807) is 12.3 Å². The zero-order valence-corrected chi connectivity index (χ0v) is 8.72. The molecule has 0 aliphatic rings. The van der Waals surface area contributed by atoms with Crippen LogP contribution in [0.5, 0.6) is 0 Å². The Hall–Kier alpha value is -1.04. The van der Waals surface area contributed by atoms with Gasteiger partial charge in [-0.25, -0.2) is 4.79 Å². The third-order valence-corrected chi connectivity index (χ3v) is 2.71. The Kier molecular flexibility index (Phi) is 1.99. The van der Waals surface area contributed by atoms with Crippen molar-refractivity contribution in [2.75, 3.05) is 0 Å². The molecule has 0 spiro atoms. The maximum atomic E-state index is 10.7. The van der Waals surface area contributed by atoms with Crippen molar-refractivity contribution in [1.82, 2.24) is 4.40 Å². The molecule has 0 bridgehead atoms. The average molecular weight is 287 g/mol. The first-order chi connectivity index (χ1) is 6.18. The topological polar surface area (TPSA) is 41.7 Å². The summed E-state index contributed by atoms with van der Waals surface area (Å²) in [4.78, 5) is 10.7. The molecule has 4 heteroatoms. The van der Waals surface area contributed by atoms with E-state index in [9.17, 15) is 4.79 Å². The number of halogens is 1. The predicted molar refractivity (Wildman–Crippen MR) is 57.1 cm³/mol. The summed E-state index contributed by atoms with van der Waals surface area (Å²) in [5.41, 5.74) is 1.23. The maximum Gasteiger partial charge on any atom is 0.337 e. The van der Waals surface area contributed by atoms with Gasteiger partial charge >= 0.3 is 5.97 Å². The van der Waals surface area contributed by atoms with Crippen molar-refractivity contribution in [3.63, 3.8) is 0 Å². The number of hydrogen-bond acceptors (Lipinski definition) is 1. The molecule has 0 aliphatic carbocycles. The van der Waals surface area contributed by atoms with E-state index in [4.69, 9.17) is 5.11 Å². The monoisotopic (exact) mass is 287 g/mol. The van der Waals surface area contributed by atoms with Crippen LogP contribution in [0.25, 0.3) is 5.52 Å². The number of nitrogens with zero attached hydrogens (tertiary/aromatic N) is 1. The zero-order chi connectivity index (χ0) is 9.42. The molecule has 2 heterocycles. The molecule has 13 heavy (non-hydrogen) atoms. The summed E-state index contributed by atoms with van der Waals surface area (Å²) in [7, 11) is 0. The molecular formula is C9H6INO2. The maximum absolute atomic E-state index is 10.7. The SMILES string of the molecule is O=C(O)c1cc2cccc(I)n2c1. The van der Waals surface area contributed by atoms with E-state index in [2.05, 4.69) is 22.6 Å². The van der Waals surface area contributed by atoms with Crippen molar-refractivity contribution in [2.45, 2.75) is 0 Å². The summed E-state index contributed by atoms with van der Waals surface area (Å²) < 4.78 is 2.85. The number of carboxylic acid groups (broad SMARTS) is 1. The van der Waals surface area contributed by atoms with Gasteiger partial charge in [0.1, 0.15) is 0 Å². The fraction of sp³-hybridized carbons (Fsp3) is 0. The van der Waals surface area contributed by atoms with Crippen molar-refractivity contribution < 1.29 is 9.90 Å². The molecule has 1 N–H and O–H groups in total. The van der Waals surface area contributed by atoms with Gasteiger partial charge in [0.05, 0.1) is 9.26 Å². The Balaban J connectivity index is 2.75. The Morgan fingerprint density at radius 2 is 2.23 bits per heavy atom. The van der Waals surface area contributed by atoms with Crippen LogP contribution in [-0.2, 0) is 0 Å². The Bertz CT molecular complexity index is 475. The second kappa shape index (κ2) is 3.02. The lowest BCUT2D eigenvalue weighted by atomic mass is 10.3. The van der Waals surface area contributed by atoms with Gasteiger partial charge < -0.3 is 9.51 Å². The number of aromatic carboxylic acids is 1. The highest BCUT2D eigenvalue weighted by molar-refractivity contribution is 14.1. The van der Waals surface area contributed by atoms with Crippen LogP contribution in [-0.4, -0.2) is 15.5 Å². The highest BCUT2D eigenvalue weighted by Gasteiger charge is 2.06. The number of aromatic nitrogens is 1. The average Bonchev–Trinajstić information content (AvgIpc) is 2.49. The second-order valence-corrected chi connectivity index (χ2v) is 3.78. The molecule has 0 atom stereocenters. The molecule has 66 valence electrons. The van der Waals surface area contributed by atoms with Crippen LogP contribution in [0.15, 0.2) is 30.5 Å². The quantitative estimate of drug-likeness (QED) is 0.645. The summed E-state index contributed by atoms with van der Waals surface area (Å²) in [5.74, 6) is -0.889. The number of hydrogen-bond donors (Lipinski definition) is 1. The molecule has 0 aromatic carbocycles. The lowest BCUT2D eigenvalue weighted by molar-refractivity contribution is 0.0697. The van der Waals surface area contributed by atoms with Crippen LogP contribution in [0.3, 0.4) is 0 Å². The Labute approximate surface area is 88.1 Å². The van der Waals surface area contributed by atoms with Crippen molar-refractivity contribution in [3.05, 3.63) is 39.7 Å². The van der Waals surface area contributed by atoms with E-state index in [0.29, 0.717) is 5.56 Å². The van der Waals surface area contributed by atoms with Crippen LogP contribution in [0.1, 0.15) is 10.4 Å². The molecule has 0 unspecified atom stereocenters. The summed E-state index contributed by atoms with van der Waals surface area (Å²) in [6.07, 6.45) is 1.62. The van der Waals surface area contributed by atoms with E-state index < -0.39 is 5.97 Å². The third kappa shape index (κ3) is 1.41. The minimum Gasteiger partial charge on any atom is -0.478 e. The summed E-state index contributed by atoms with van der Waals surface area (Å²) in [6.45, 7) is 0. The minimum atomic E-state index is -0.889. The molecule has 2 aromatic rings. The van der Waals surface area contributed by atoms with Gasteiger partial charge in [0.25, 0.3) is 0 Å². The Morgan fingerprint density at radius 3 is 2.85 bits per heavy atom. The summed E-state index contributed by atoms with van der Waals surface area (Å²) >= 11 is 2.16. The number of pyridine rings is 1. The molecule has 0 radical (unpaired) electrons. The van der Waals surface area contributed by atoms with Gasteiger partial charge in [-0.3, -0.25) is 0 Å². The van der Waals surface area contributed by atoms with Gasteiger partial charge in [-0.2, -0.15) is 0 Å². The smallest absolute Gasteiger partial charge is 0.337 e. The van der Waals surface area contributed by atoms with Crippen molar-refractivity contribution in [1.29, 1.82) is 0 Å². The first kappa shape index (κ1) is 8.55. The molecule has 0 saturated carbocycles. The first-order valence-electron chi connectivity index (χ1n) is 3.68. The number of rotatable bonds is 1. The molecular weight excluding hydrogens is 281 g/mol. The van der Waals surface area contributed by atoms with E-state index >= 15 is 0 Å². The van der Waals surface area contributed by atoms with Crippen molar-refractivity contribution in [3.8, 4) is 0 Å². The van der Waals surface area contributed by atoms with Crippen molar-refractivity contribution in [2.24, 2.45) is 0 Å². The predicted octanol–water partition coefficient (Wildman–Crippen LogP) is 2.24. The van der Waals surface area contributed by atoms with Crippen LogP contribution in [0.4, 0.5) is 0 Å². The fourth-order valence-electron chi connectivity index (χ4n) is 1.22. The van der Waals surface area contributed by atoms with E-state index in [-0.39, 0.29) is 0 Å². The number of carboxylic acids is 1. The highest BCUT2D eigenvalue weighted by atomic mass is 127. The van der Waals surface area contributed by atoms with Crippen LogP contribution < -0.4 is 0 Å². The lowest BCUT2D eigenvalue weighted by Crippen LogP contribution is -1.92. The molecule has 0 amide bonds. The Morgan fingerprint density at radius 1 is 1.46 bits per heavy atom. The second-order valence-electron chi connectivity index (χ2n) is 2.68. The van der Waals surface area contributed by atoms with Gasteiger partial charge in [-0.05, 0) is 40.8 Å². The lowest BCUT2D eigenvalue weighted by Gasteiger charge is -1.95. The number of carbonyl (C=O) groups is 1. The molecule has 3 nitrogen and oxygen atoms in total. The molecule has 0 saturated heterocycles. The summed E-state index contributed by atoms with van der Waals surface area (Å²) in [5, 5.41) is 8.76. The molecule has 0 aliphatic heterocycles. The zero-order valence-electron chi connectivity index (χ0n) is 6.57. The molecule has 0 fully saturated rings. The van der Waals surface area contributed by atoms with Crippen LogP contribution in [0.2, 0.25) is 0 Å². The minimum absolute atomic E-state index is 0.323. The standard InChI is InChI=1S/C9H6INO2/c10-8-3-1-2-7-4-6(9(12)13)5-11(7)8/h1-5H,(H,12,13). The number of fused-ring (bicyclic) bond motifs is 1. The molecule has 2 aromatic heterocycles. The first-order valence-corrected chi connectivity index (χ1v) is 4.76. The molecule has 2 rings (SSSR count). The van der Waals surface area contributed by atoms with Gasteiger partial charge in [0, 0.05) is 11.7 Å². The van der Waals surface area contributed by atoms with Gasteiger partial charge in [-0.1, -0.05) is 6.07 Å². The van der Waals surface area contributed by atoms with E-state index in [0.717, 1.165) is 9.22 Å². The van der Waals surface area contributed by atoms with Gasteiger partial charge in [0.2, 0.25) is 0 Å². The third-order valence-electron chi connectivity index (χ3n) is 1.83. The van der Waals surface area contributed by atoms with Gasteiger partial charge in [0.15, 0.2) is 0 Å². The van der Waals surface area contributed by atoms with Crippen LogP contribution in [0, 0.1) is 3.70 Å².